The Balaban J connectivity index is 3.55. The van der Waals surface area contributed by atoms with E-state index in [0.29, 0.717) is 0 Å². The topological polar surface area (TPSA) is 0 Å². The van der Waals surface area contributed by atoms with Crippen molar-refractivity contribution in [1.82, 2.24) is 0 Å². The monoisotopic (exact) mass is 364 g/mol. The van der Waals surface area contributed by atoms with Gasteiger partial charge >= 0.3 is 0 Å². The number of rotatable bonds is 19. The largest absolute Gasteiger partial charge is 0.0851 e. The number of unbranched alkanes of at least 4 members (excludes halogenated alkanes) is 12. The van der Waals surface area contributed by atoms with Crippen LogP contribution in [0.1, 0.15) is 144 Å². The third-order valence-electron chi connectivity index (χ3n) is 5.52. The lowest BCUT2D eigenvalue weighted by molar-refractivity contribution is 0.534. The molecule has 0 aromatic rings. The summed E-state index contributed by atoms with van der Waals surface area (Å²) in [5.41, 5.74) is 1.75. The lowest BCUT2D eigenvalue weighted by Gasteiger charge is -2.11. The Morgan fingerprint density at radius 2 is 1.04 bits per heavy atom. The van der Waals surface area contributed by atoms with Gasteiger partial charge in [-0.2, -0.15) is 0 Å². The molecule has 0 spiro atoms. The van der Waals surface area contributed by atoms with Gasteiger partial charge in [-0.05, 0) is 43.9 Å². The average molecular weight is 365 g/mol. The van der Waals surface area contributed by atoms with Gasteiger partial charge in [0.1, 0.15) is 0 Å². The Kier molecular flexibility index (Phi) is 19.3. The van der Waals surface area contributed by atoms with Gasteiger partial charge in [-0.1, -0.05) is 123 Å². The van der Waals surface area contributed by atoms with Crippen molar-refractivity contribution in [3.63, 3.8) is 0 Å². The van der Waals surface area contributed by atoms with Gasteiger partial charge in [0.2, 0.25) is 0 Å². The smallest absolute Gasteiger partial charge is 0.0318 e. The van der Waals surface area contributed by atoms with E-state index in [2.05, 4.69) is 40.7 Å². The van der Waals surface area contributed by atoms with Gasteiger partial charge in [0.15, 0.2) is 0 Å². The molecule has 0 atom stereocenters. The molecule has 0 saturated carbocycles. The molecule has 0 aromatic carbocycles. The molecule has 0 rings (SSSR count). The number of hydrogen-bond donors (Lipinski definition) is 0. The zero-order valence-electron chi connectivity index (χ0n) is 19.3. The minimum atomic E-state index is 0.802. The SMILES string of the molecule is CCCCCCCCCCCCCCC/C(=C\CC(C)C)CCC(C)C. The summed E-state index contributed by atoms with van der Waals surface area (Å²) in [5, 5.41) is 0. The van der Waals surface area contributed by atoms with E-state index in [1.165, 1.54) is 109 Å². The first-order valence-electron chi connectivity index (χ1n) is 12.2. The maximum atomic E-state index is 2.56. The molecular formula is C26H52. The normalized spacial score (nSPS) is 12.5. The quantitative estimate of drug-likeness (QED) is 0.158. The van der Waals surface area contributed by atoms with Crippen LogP contribution < -0.4 is 0 Å². The fourth-order valence-corrected chi connectivity index (χ4v) is 3.58. The zero-order valence-corrected chi connectivity index (χ0v) is 19.3. The molecule has 0 radical (unpaired) electrons. The summed E-state index contributed by atoms with van der Waals surface area (Å²) in [5.74, 6) is 1.64. The number of hydrogen-bond acceptors (Lipinski definition) is 0. The molecule has 0 N–H and O–H groups in total. The highest BCUT2D eigenvalue weighted by Gasteiger charge is 2.02. The molecule has 0 amide bonds. The molecule has 26 heavy (non-hydrogen) atoms. The van der Waals surface area contributed by atoms with Crippen molar-refractivity contribution in [2.24, 2.45) is 11.8 Å². The molecule has 0 aliphatic heterocycles. The summed E-state index contributed by atoms with van der Waals surface area (Å²) < 4.78 is 0. The van der Waals surface area contributed by atoms with Crippen molar-refractivity contribution in [2.45, 2.75) is 144 Å². The Morgan fingerprint density at radius 3 is 1.46 bits per heavy atom. The molecule has 0 fully saturated rings. The minimum absolute atomic E-state index is 0.802. The second kappa shape index (κ2) is 19.5. The van der Waals surface area contributed by atoms with E-state index in [4.69, 9.17) is 0 Å². The van der Waals surface area contributed by atoms with E-state index in [-0.39, 0.29) is 0 Å². The van der Waals surface area contributed by atoms with Crippen LogP contribution in [-0.4, -0.2) is 0 Å². The van der Waals surface area contributed by atoms with Crippen LogP contribution in [0.15, 0.2) is 11.6 Å². The van der Waals surface area contributed by atoms with Gasteiger partial charge in [0.05, 0.1) is 0 Å². The first-order valence-corrected chi connectivity index (χ1v) is 12.2. The lowest BCUT2D eigenvalue weighted by Crippen LogP contribution is -1.93. The molecular weight excluding hydrogens is 312 g/mol. The maximum absolute atomic E-state index is 2.56. The van der Waals surface area contributed by atoms with Gasteiger partial charge in [0.25, 0.3) is 0 Å². The van der Waals surface area contributed by atoms with Gasteiger partial charge < -0.3 is 0 Å². The predicted octanol–water partition coefficient (Wildman–Crippen LogP) is 9.88. The molecule has 0 nitrogen and oxygen atoms in total. The molecule has 0 aliphatic rings. The second-order valence-corrected chi connectivity index (χ2v) is 9.42. The molecule has 0 saturated heterocycles. The van der Waals surface area contributed by atoms with Crippen molar-refractivity contribution < 1.29 is 0 Å². The first-order chi connectivity index (χ1) is 12.6. The lowest BCUT2D eigenvalue weighted by atomic mass is 9.95. The Hall–Kier alpha value is -0.260. The van der Waals surface area contributed by atoms with Gasteiger partial charge in [0, 0.05) is 0 Å². The average Bonchev–Trinajstić information content (AvgIpc) is 2.60. The molecule has 0 aromatic heterocycles. The van der Waals surface area contributed by atoms with Crippen LogP contribution in [-0.2, 0) is 0 Å². The van der Waals surface area contributed by atoms with Crippen molar-refractivity contribution in [1.29, 1.82) is 0 Å². The van der Waals surface area contributed by atoms with E-state index in [9.17, 15) is 0 Å². The van der Waals surface area contributed by atoms with E-state index in [1.807, 2.05) is 0 Å². The third kappa shape index (κ3) is 20.1. The molecule has 0 aliphatic carbocycles. The van der Waals surface area contributed by atoms with E-state index < -0.39 is 0 Å². The standard InChI is InChI=1S/C26H52/c1-6-7-8-9-10-11-12-13-14-15-16-17-18-19-26(22-20-24(2)3)23-21-25(4)5/h22,24-25H,6-21,23H2,1-5H3/b26-22+. The fourth-order valence-electron chi connectivity index (χ4n) is 3.58. The summed E-state index contributed by atoms with van der Waals surface area (Å²) >= 11 is 0. The van der Waals surface area contributed by atoms with Crippen LogP contribution in [0.5, 0.6) is 0 Å². The van der Waals surface area contributed by atoms with E-state index >= 15 is 0 Å². The van der Waals surface area contributed by atoms with E-state index in [1.54, 1.807) is 5.57 Å². The minimum Gasteiger partial charge on any atom is -0.0851 e. The third-order valence-corrected chi connectivity index (χ3v) is 5.52. The summed E-state index contributed by atoms with van der Waals surface area (Å²) in [7, 11) is 0. The highest BCUT2D eigenvalue weighted by atomic mass is 14.1. The van der Waals surface area contributed by atoms with Crippen molar-refractivity contribution >= 4 is 0 Å². The van der Waals surface area contributed by atoms with Crippen molar-refractivity contribution in [3.8, 4) is 0 Å². The maximum Gasteiger partial charge on any atom is -0.0318 e. The second-order valence-electron chi connectivity index (χ2n) is 9.42. The number of allylic oxidation sites excluding steroid dienone is 2. The molecule has 0 heteroatoms. The first kappa shape index (κ1) is 25.7. The molecule has 0 unspecified atom stereocenters. The van der Waals surface area contributed by atoms with E-state index in [0.717, 1.165) is 11.8 Å². The highest BCUT2D eigenvalue weighted by molar-refractivity contribution is 5.02. The van der Waals surface area contributed by atoms with Crippen molar-refractivity contribution in [2.75, 3.05) is 0 Å². The summed E-state index contributed by atoms with van der Waals surface area (Å²) in [4.78, 5) is 0. The Labute approximate surface area is 167 Å². The van der Waals surface area contributed by atoms with Gasteiger partial charge in [-0.3, -0.25) is 0 Å². The van der Waals surface area contributed by atoms with Crippen LogP contribution in [0.4, 0.5) is 0 Å². The van der Waals surface area contributed by atoms with Crippen molar-refractivity contribution in [3.05, 3.63) is 11.6 Å². The van der Waals surface area contributed by atoms with Gasteiger partial charge in [-0.25, -0.2) is 0 Å². The zero-order chi connectivity index (χ0) is 19.5. The van der Waals surface area contributed by atoms with Crippen LogP contribution >= 0.6 is 0 Å². The molecule has 0 heterocycles. The fraction of sp³-hybridized carbons (Fsp3) is 0.923. The summed E-state index contributed by atoms with van der Waals surface area (Å²) in [6.07, 6.45) is 26.8. The highest BCUT2D eigenvalue weighted by Crippen LogP contribution is 2.20. The predicted molar refractivity (Wildman–Crippen MR) is 122 cm³/mol. The Morgan fingerprint density at radius 1 is 0.577 bits per heavy atom. The van der Waals surface area contributed by atoms with Crippen LogP contribution in [0, 0.1) is 11.8 Å². The summed E-state index contributed by atoms with van der Waals surface area (Å²) in [6.45, 7) is 11.7. The molecule has 156 valence electrons. The van der Waals surface area contributed by atoms with Crippen LogP contribution in [0.25, 0.3) is 0 Å². The van der Waals surface area contributed by atoms with Crippen LogP contribution in [0.2, 0.25) is 0 Å². The molecule has 0 bridgehead atoms. The summed E-state index contributed by atoms with van der Waals surface area (Å²) in [6, 6.07) is 0. The Bertz CT molecular complexity index is 297. The van der Waals surface area contributed by atoms with Crippen LogP contribution in [0.3, 0.4) is 0 Å². The van der Waals surface area contributed by atoms with Gasteiger partial charge in [-0.15, -0.1) is 0 Å².